The van der Waals surface area contributed by atoms with E-state index in [0.29, 0.717) is 0 Å². The van der Waals surface area contributed by atoms with Crippen LogP contribution in [0.25, 0.3) is 0 Å². The summed E-state index contributed by atoms with van der Waals surface area (Å²) in [6.07, 6.45) is 1.27. The minimum absolute atomic E-state index is 0.271. The molecule has 0 aliphatic heterocycles. The van der Waals surface area contributed by atoms with Crippen molar-refractivity contribution >= 4 is 17.6 Å². The summed E-state index contributed by atoms with van der Waals surface area (Å²) < 4.78 is 1.06. The third-order valence-corrected chi connectivity index (χ3v) is 1.52. The number of hydrogen-bond donors (Lipinski definition) is 2. The van der Waals surface area contributed by atoms with Gasteiger partial charge < -0.3 is 15.8 Å². The highest BCUT2D eigenvalue weighted by Gasteiger charge is 2.13. The third kappa shape index (κ3) is 4.25. The van der Waals surface area contributed by atoms with Crippen LogP contribution in [0.5, 0.6) is 0 Å². The number of primary amides is 1. The molecule has 0 atom stereocenters. The maximum atomic E-state index is 11.2. The van der Waals surface area contributed by atoms with Gasteiger partial charge in [0.05, 0.1) is 17.4 Å². The zero-order valence-corrected chi connectivity index (χ0v) is 8.53. The van der Waals surface area contributed by atoms with Crippen LogP contribution in [-0.2, 0) is 21.0 Å². The van der Waals surface area contributed by atoms with E-state index in [1.807, 2.05) is 5.48 Å². The molecule has 0 aliphatic rings. The predicted octanol–water partition coefficient (Wildman–Crippen LogP) is -1.68. The first-order valence-corrected chi connectivity index (χ1v) is 4.36. The van der Waals surface area contributed by atoms with E-state index in [-0.39, 0.29) is 12.4 Å². The molecule has 10 heteroatoms. The number of amides is 2. The van der Waals surface area contributed by atoms with Gasteiger partial charge in [0, 0.05) is 0 Å². The van der Waals surface area contributed by atoms with Gasteiger partial charge in [0.1, 0.15) is 6.54 Å². The summed E-state index contributed by atoms with van der Waals surface area (Å²) in [5.41, 5.74) is 6.69. The number of nitro groups is 1. The Balaban J connectivity index is 2.39. The van der Waals surface area contributed by atoms with E-state index < -0.39 is 23.3 Å². The molecule has 0 saturated carbocycles. The van der Waals surface area contributed by atoms with Gasteiger partial charge in [-0.1, -0.05) is 0 Å². The first-order chi connectivity index (χ1) is 7.99. The van der Waals surface area contributed by atoms with Gasteiger partial charge in [-0.25, -0.2) is 5.48 Å². The summed E-state index contributed by atoms with van der Waals surface area (Å²) in [5.74, 6) is -1.72. The molecule has 1 aromatic heterocycles. The van der Waals surface area contributed by atoms with Crippen molar-refractivity contribution in [1.82, 2.24) is 15.3 Å². The lowest BCUT2D eigenvalue weighted by Crippen LogP contribution is -2.31. The molecular formula is C7H9N5O5. The van der Waals surface area contributed by atoms with Gasteiger partial charge in [-0.15, -0.1) is 0 Å². The number of hydrogen-bond acceptors (Lipinski definition) is 6. The van der Waals surface area contributed by atoms with Crippen molar-refractivity contribution in [3.8, 4) is 0 Å². The van der Waals surface area contributed by atoms with E-state index in [1.54, 1.807) is 0 Å². The summed E-state index contributed by atoms with van der Waals surface area (Å²) in [4.78, 5) is 35.5. The van der Waals surface area contributed by atoms with Gasteiger partial charge >= 0.3 is 5.82 Å². The summed E-state index contributed by atoms with van der Waals surface area (Å²) in [7, 11) is 0. The van der Waals surface area contributed by atoms with Crippen molar-refractivity contribution in [2.45, 2.75) is 6.54 Å². The van der Waals surface area contributed by atoms with Gasteiger partial charge in [-0.3, -0.25) is 14.4 Å². The van der Waals surface area contributed by atoms with Crippen molar-refractivity contribution in [2.75, 3.05) is 6.61 Å². The number of rotatable bonds is 6. The standard InChI is InChI=1S/C7H9N5O5/c8-5(13)4-17-10-7(14)3-11-2-1-6(9-11)12(15)16/h1-2H,3-4H2,(H2,8,13)(H,10,14). The monoisotopic (exact) mass is 243 g/mol. The summed E-state index contributed by atoms with van der Waals surface area (Å²) in [6.45, 7) is -0.725. The molecule has 1 rings (SSSR count). The molecular weight excluding hydrogens is 234 g/mol. The van der Waals surface area contributed by atoms with Gasteiger partial charge in [0.2, 0.25) is 5.91 Å². The van der Waals surface area contributed by atoms with Crippen LogP contribution in [0.2, 0.25) is 0 Å². The van der Waals surface area contributed by atoms with Gasteiger partial charge in [0.15, 0.2) is 6.61 Å². The number of aromatic nitrogens is 2. The Morgan fingerprint density at radius 2 is 2.35 bits per heavy atom. The lowest BCUT2D eigenvalue weighted by atomic mass is 10.6. The molecule has 0 saturated heterocycles. The average Bonchev–Trinajstić information content (AvgIpc) is 2.65. The molecule has 0 aromatic carbocycles. The average molecular weight is 243 g/mol. The zero-order valence-electron chi connectivity index (χ0n) is 8.53. The molecule has 0 spiro atoms. The smallest absolute Gasteiger partial charge is 0.368 e. The number of hydroxylamine groups is 1. The number of nitrogens with one attached hydrogen (secondary N) is 1. The Hall–Kier alpha value is -2.49. The summed E-state index contributed by atoms with van der Waals surface area (Å²) in [6, 6.07) is 1.15. The second-order valence-electron chi connectivity index (χ2n) is 2.91. The van der Waals surface area contributed by atoms with Crippen LogP contribution in [-0.4, -0.2) is 33.1 Å². The lowest BCUT2D eigenvalue weighted by molar-refractivity contribution is -0.389. The molecule has 1 heterocycles. The van der Waals surface area contributed by atoms with Gasteiger partial charge in [0.25, 0.3) is 5.91 Å². The molecule has 17 heavy (non-hydrogen) atoms. The van der Waals surface area contributed by atoms with Gasteiger partial charge in [-0.05, 0) is 4.92 Å². The lowest BCUT2D eigenvalue weighted by Gasteiger charge is -2.01. The zero-order chi connectivity index (χ0) is 12.8. The highest BCUT2D eigenvalue weighted by Crippen LogP contribution is 2.04. The highest BCUT2D eigenvalue weighted by molar-refractivity contribution is 5.76. The molecule has 0 aliphatic carbocycles. The molecule has 0 fully saturated rings. The summed E-state index contributed by atoms with van der Waals surface area (Å²) >= 11 is 0. The topological polar surface area (TPSA) is 142 Å². The van der Waals surface area contributed by atoms with Crippen molar-refractivity contribution in [2.24, 2.45) is 5.73 Å². The molecule has 0 unspecified atom stereocenters. The number of carbonyl (C=O) groups is 2. The van der Waals surface area contributed by atoms with Crippen molar-refractivity contribution in [3.63, 3.8) is 0 Å². The van der Waals surface area contributed by atoms with Crippen LogP contribution < -0.4 is 11.2 Å². The quantitative estimate of drug-likeness (QED) is 0.451. The number of nitrogens with two attached hydrogens (primary N) is 1. The molecule has 0 radical (unpaired) electrons. The molecule has 10 nitrogen and oxygen atoms in total. The number of carbonyl (C=O) groups excluding carboxylic acids is 2. The Morgan fingerprint density at radius 3 is 2.88 bits per heavy atom. The van der Waals surface area contributed by atoms with E-state index in [2.05, 4.69) is 9.94 Å². The fraction of sp³-hybridized carbons (Fsp3) is 0.286. The second kappa shape index (κ2) is 5.55. The van der Waals surface area contributed by atoms with Crippen molar-refractivity contribution in [1.29, 1.82) is 0 Å². The maximum Gasteiger partial charge on any atom is 0.389 e. The molecule has 3 N–H and O–H groups in total. The van der Waals surface area contributed by atoms with Crippen molar-refractivity contribution < 1.29 is 19.3 Å². The van der Waals surface area contributed by atoms with Crippen LogP contribution in [0.15, 0.2) is 12.3 Å². The van der Waals surface area contributed by atoms with Crippen LogP contribution in [0.3, 0.4) is 0 Å². The third-order valence-electron chi connectivity index (χ3n) is 1.52. The predicted molar refractivity (Wildman–Crippen MR) is 52.2 cm³/mol. The molecule has 92 valence electrons. The first-order valence-electron chi connectivity index (χ1n) is 4.36. The normalized spacial score (nSPS) is 9.88. The van der Waals surface area contributed by atoms with E-state index in [1.165, 1.54) is 6.20 Å². The largest absolute Gasteiger partial charge is 0.389 e. The summed E-state index contributed by atoms with van der Waals surface area (Å²) in [5, 5.41) is 13.8. The second-order valence-corrected chi connectivity index (χ2v) is 2.91. The number of nitrogens with zero attached hydrogens (tertiary/aromatic N) is 3. The molecule has 2 amide bonds. The maximum absolute atomic E-state index is 11.2. The van der Waals surface area contributed by atoms with E-state index in [9.17, 15) is 19.7 Å². The SMILES string of the molecule is NC(=O)CONC(=O)Cn1ccc([N+](=O)[O-])n1. The van der Waals surface area contributed by atoms with Crippen LogP contribution in [0, 0.1) is 10.1 Å². The molecule has 0 bridgehead atoms. The minimum Gasteiger partial charge on any atom is -0.368 e. The van der Waals surface area contributed by atoms with Crippen LogP contribution in [0.4, 0.5) is 5.82 Å². The minimum atomic E-state index is -0.736. The Kier molecular flexibility index (Phi) is 4.11. The Labute approximate surface area is 94.4 Å². The van der Waals surface area contributed by atoms with E-state index in [4.69, 9.17) is 5.73 Å². The highest BCUT2D eigenvalue weighted by atomic mass is 16.7. The van der Waals surface area contributed by atoms with Gasteiger partial charge in [-0.2, -0.15) is 4.68 Å². The van der Waals surface area contributed by atoms with E-state index >= 15 is 0 Å². The van der Waals surface area contributed by atoms with Crippen molar-refractivity contribution in [3.05, 3.63) is 22.4 Å². The van der Waals surface area contributed by atoms with Crippen LogP contribution in [0.1, 0.15) is 0 Å². The Bertz CT molecular complexity index is 442. The van der Waals surface area contributed by atoms with Crippen LogP contribution >= 0.6 is 0 Å². The fourth-order valence-electron chi connectivity index (χ4n) is 0.904. The fourth-order valence-corrected chi connectivity index (χ4v) is 0.904. The van der Waals surface area contributed by atoms with E-state index in [0.717, 1.165) is 10.7 Å². The molecule has 1 aromatic rings. The first kappa shape index (κ1) is 12.6. The Morgan fingerprint density at radius 1 is 1.65 bits per heavy atom.